The third-order valence-corrected chi connectivity index (χ3v) is 4.45. The summed E-state index contributed by atoms with van der Waals surface area (Å²) in [6.45, 7) is 6.10. The Balaban J connectivity index is 2.12. The molecule has 1 heterocycles. The van der Waals surface area contributed by atoms with Crippen LogP contribution >= 0.6 is 0 Å². The van der Waals surface area contributed by atoms with Crippen molar-refractivity contribution in [2.75, 3.05) is 0 Å². The predicted octanol–water partition coefficient (Wildman–Crippen LogP) is 3.58. The molecule has 0 bridgehead atoms. The van der Waals surface area contributed by atoms with Crippen molar-refractivity contribution in [3.05, 3.63) is 29.6 Å². The molecule has 0 aliphatic heterocycles. The molecule has 2 unspecified atom stereocenters. The van der Waals surface area contributed by atoms with E-state index in [1.54, 1.807) is 0 Å². The fraction of sp³-hybridized carbons (Fsp3) is 0.647. The molecule has 1 amide bonds. The fourth-order valence-electron chi connectivity index (χ4n) is 2.95. The monoisotopic (exact) mass is 274 g/mol. The van der Waals surface area contributed by atoms with E-state index in [-0.39, 0.29) is 11.9 Å². The summed E-state index contributed by atoms with van der Waals surface area (Å²) < 4.78 is 0. The van der Waals surface area contributed by atoms with Gasteiger partial charge >= 0.3 is 0 Å². The molecule has 1 aliphatic carbocycles. The largest absolute Gasteiger partial charge is 0.353 e. The van der Waals surface area contributed by atoms with Crippen molar-refractivity contribution in [1.82, 2.24) is 10.3 Å². The number of aryl methyl sites for hydroxylation is 1. The van der Waals surface area contributed by atoms with Crippen molar-refractivity contribution in [3.8, 4) is 0 Å². The van der Waals surface area contributed by atoms with Crippen molar-refractivity contribution < 1.29 is 4.79 Å². The topological polar surface area (TPSA) is 42.0 Å². The Morgan fingerprint density at radius 3 is 2.75 bits per heavy atom. The summed E-state index contributed by atoms with van der Waals surface area (Å²) in [7, 11) is 0. The average molecular weight is 274 g/mol. The number of rotatable bonds is 6. The number of nitrogens with one attached hydrogen (secondary N) is 1. The number of nitrogens with zero attached hydrogens (tertiary/aromatic N) is 1. The SMILES string of the molecule is CCC(=O)NC(C)C(CC1CCC1)c1cncc(C)c1. The van der Waals surface area contributed by atoms with Gasteiger partial charge in [-0.1, -0.05) is 32.3 Å². The number of carbonyl (C=O) groups excluding carboxylic acids is 1. The summed E-state index contributed by atoms with van der Waals surface area (Å²) >= 11 is 0. The van der Waals surface area contributed by atoms with Crippen molar-refractivity contribution in [2.45, 2.75) is 64.8 Å². The van der Waals surface area contributed by atoms with E-state index in [1.165, 1.54) is 30.4 Å². The zero-order valence-electron chi connectivity index (χ0n) is 12.9. The fourth-order valence-corrected chi connectivity index (χ4v) is 2.95. The van der Waals surface area contributed by atoms with Crippen LogP contribution in [-0.4, -0.2) is 16.9 Å². The second kappa shape index (κ2) is 6.87. The van der Waals surface area contributed by atoms with E-state index in [2.05, 4.69) is 30.2 Å². The Morgan fingerprint density at radius 1 is 1.45 bits per heavy atom. The van der Waals surface area contributed by atoms with E-state index in [4.69, 9.17) is 0 Å². The van der Waals surface area contributed by atoms with Gasteiger partial charge in [-0.3, -0.25) is 9.78 Å². The Morgan fingerprint density at radius 2 is 2.20 bits per heavy atom. The highest BCUT2D eigenvalue weighted by atomic mass is 16.1. The lowest BCUT2D eigenvalue weighted by molar-refractivity contribution is -0.121. The van der Waals surface area contributed by atoms with Gasteiger partial charge in [0.05, 0.1) is 0 Å². The molecule has 20 heavy (non-hydrogen) atoms. The number of carbonyl (C=O) groups is 1. The van der Waals surface area contributed by atoms with Gasteiger partial charge in [0.15, 0.2) is 0 Å². The maximum absolute atomic E-state index is 11.7. The number of hydrogen-bond donors (Lipinski definition) is 1. The van der Waals surface area contributed by atoms with Crippen LogP contribution in [-0.2, 0) is 4.79 Å². The van der Waals surface area contributed by atoms with Crippen molar-refractivity contribution in [1.29, 1.82) is 0 Å². The van der Waals surface area contributed by atoms with E-state index >= 15 is 0 Å². The van der Waals surface area contributed by atoms with Crippen molar-refractivity contribution in [3.63, 3.8) is 0 Å². The third kappa shape index (κ3) is 3.81. The summed E-state index contributed by atoms with van der Waals surface area (Å²) in [6.07, 6.45) is 9.60. The van der Waals surface area contributed by atoms with Crippen LogP contribution in [0.4, 0.5) is 0 Å². The molecule has 0 aromatic carbocycles. The van der Waals surface area contributed by atoms with Gasteiger partial charge in [0.2, 0.25) is 5.91 Å². The van der Waals surface area contributed by atoms with E-state index in [9.17, 15) is 4.79 Å². The van der Waals surface area contributed by atoms with Gasteiger partial charge in [0, 0.05) is 30.8 Å². The van der Waals surface area contributed by atoms with Crippen molar-refractivity contribution in [2.24, 2.45) is 5.92 Å². The smallest absolute Gasteiger partial charge is 0.219 e. The molecular formula is C17H26N2O. The van der Waals surface area contributed by atoms with Crippen LogP contribution in [0.2, 0.25) is 0 Å². The second-order valence-corrected chi connectivity index (χ2v) is 6.14. The van der Waals surface area contributed by atoms with Crippen molar-refractivity contribution >= 4 is 5.91 Å². The number of aromatic nitrogens is 1. The van der Waals surface area contributed by atoms with E-state index in [1.807, 2.05) is 19.3 Å². The molecule has 3 heteroatoms. The second-order valence-electron chi connectivity index (χ2n) is 6.14. The molecule has 0 spiro atoms. The zero-order chi connectivity index (χ0) is 14.5. The molecule has 1 N–H and O–H groups in total. The Bertz CT molecular complexity index is 454. The quantitative estimate of drug-likeness (QED) is 0.861. The molecule has 0 saturated heterocycles. The summed E-state index contributed by atoms with van der Waals surface area (Å²) in [6, 6.07) is 2.39. The molecule has 1 aromatic heterocycles. The lowest BCUT2D eigenvalue weighted by Crippen LogP contribution is -2.38. The van der Waals surface area contributed by atoms with Gasteiger partial charge in [-0.25, -0.2) is 0 Å². The Kier molecular flexibility index (Phi) is 5.16. The summed E-state index contributed by atoms with van der Waals surface area (Å²) in [4.78, 5) is 16.0. The Hall–Kier alpha value is -1.38. The van der Waals surface area contributed by atoms with Crippen LogP contribution in [0, 0.1) is 12.8 Å². The summed E-state index contributed by atoms with van der Waals surface area (Å²) in [5.74, 6) is 1.33. The van der Waals surface area contributed by atoms with Crippen LogP contribution in [0.15, 0.2) is 18.5 Å². The average Bonchev–Trinajstić information content (AvgIpc) is 2.37. The number of pyridine rings is 1. The van der Waals surface area contributed by atoms with Gasteiger partial charge in [0.25, 0.3) is 0 Å². The Labute approximate surface area is 122 Å². The molecular weight excluding hydrogens is 248 g/mol. The first kappa shape index (κ1) is 15.0. The first-order valence-corrected chi connectivity index (χ1v) is 7.81. The number of amides is 1. The van der Waals surface area contributed by atoms with Crippen LogP contribution in [0.25, 0.3) is 0 Å². The molecule has 1 saturated carbocycles. The molecule has 1 aliphatic rings. The van der Waals surface area contributed by atoms with Crippen LogP contribution < -0.4 is 5.32 Å². The minimum atomic E-state index is 0.136. The van der Waals surface area contributed by atoms with Crippen LogP contribution in [0.1, 0.15) is 63.0 Å². The zero-order valence-corrected chi connectivity index (χ0v) is 12.9. The first-order valence-electron chi connectivity index (χ1n) is 7.81. The highest BCUT2D eigenvalue weighted by Crippen LogP contribution is 2.37. The van der Waals surface area contributed by atoms with E-state index < -0.39 is 0 Å². The van der Waals surface area contributed by atoms with Gasteiger partial charge in [-0.2, -0.15) is 0 Å². The normalized spacial score (nSPS) is 18.1. The lowest BCUT2D eigenvalue weighted by Gasteiger charge is -2.33. The van der Waals surface area contributed by atoms with Crippen LogP contribution in [0.3, 0.4) is 0 Å². The van der Waals surface area contributed by atoms with E-state index in [0.717, 1.165) is 12.3 Å². The molecule has 1 fully saturated rings. The van der Waals surface area contributed by atoms with Gasteiger partial charge < -0.3 is 5.32 Å². The van der Waals surface area contributed by atoms with Crippen LogP contribution in [0.5, 0.6) is 0 Å². The van der Waals surface area contributed by atoms with Gasteiger partial charge in [-0.05, 0) is 37.3 Å². The predicted molar refractivity (Wildman–Crippen MR) is 81.6 cm³/mol. The minimum Gasteiger partial charge on any atom is -0.353 e. The molecule has 3 nitrogen and oxygen atoms in total. The van der Waals surface area contributed by atoms with Gasteiger partial charge in [0.1, 0.15) is 0 Å². The molecule has 2 rings (SSSR count). The standard InChI is InChI=1S/C17H26N2O/c1-4-17(20)19-13(3)16(9-14-6-5-7-14)15-8-12(2)10-18-11-15/h8,10-11,13-14,16H,4-7,9H2,1-3H3,(H,19,20). The molecule has 2 atom stereocenters. The molecule has 0 radical (unpaired) electrons. The highest BCUT2D eigenvalue weighted by Gasteiger charge is 2.27. The van der Waals surface area contributed by atoms with Gasteiger partial charge in [-0.15, -0.1) is 0 Å². The number of hydrogen-bond acceptors (Lipinski definition) is 2. The van der Waals surface area contributed by atoms with E-state index in [0.29, 0.717) is 12.3 Å². The molecule has 110 valence electrons. The summed E-state index contributed by atoms with van der Waals surface area (Å²) in [5.41, 5.74) is 2.45. The minimum absolute atomic E-state index is 0.136. The highest BCUT2D eigenvalue weighted by molar-refractivity contribution is 5.75. The maximum Gasteiger partial charge on any atom is 0.219 e. The summed E-state index contributed by atoms with van der Waals surface area (Å²) in [5, 5.41) is 3.13. The third-order valence-electron chi connectivity index (χ3n) is 4.45. The first-order chi connectivity index (χ1) is 9.60. The lowest BCUT2D eigenvalue weighted by atomic mass is 9.75. The molecule has 1 aromatic rings. The maximum atomic E-state index is 11.7.